The van der Waals surface area contributed by atoms with Gasteiger partial charge in [0.15, 0.2) is 6.61 Å². The second-order valence-corrected chi connectivity index (χ2v) is 7.69. The third-order valence-electron chi connectivity index (χ3n) is 4.77. The van der Waals surface area contributed by atoms with Crippen LogP contribution in [-0.2, 0) is 4.79 Å². The Kier molecular flexibility index (Phi) is 4.08. The quantitative estimate of drug-likeness (QED) is 0.783. The van der Waals surface area contributed by atoms with Crippen LogP contribution < -0.4 is 15.4 Å². The summed E-state index contributed by atoms with van der Waals surface area (Å²) >= 11 is 11.7. The van der Waals surface area contributed by atoms with Crippen LogP contribution in [0.3, 0.4) is 0 Å². The molecule has 3 aliphatic rings. The van der Waals surface area contributed by atoms with Gasteiger partial charge in [-0.25, -0.2) is 0 Å². The van der Waals surface area contributed by atoms with Crippen molar-refractivity contribution >= 4 is 35.0 Å². The Hall–Kier alpha value is -2.25. The molecule has 0 spiro atoms. The van der Waals surface area contributed by atoms with Crippen LogP contribution in [0.4, 0.5) is 0 Å². The number of nitrogens with one attached hydrogen (secondary N) is 2. The number of carbonyl (C=O) groups excluding carboxylic acids is 2. The summed E-state index contributed by atoms with van der Waals surface area (Å²) in [4.78, 5) is 24.1. The van der Waals surface area contributed by atoms with Crippen LogP contribution in [0, 0.1) is 0 Å². The third-order valence-corrected chi connectivity index (χ3v) is 5.51. The molecule has 26 heavy (non-hydrogen) atoms. The van der Waals surface area contributed by atoms with Gasteiger partial charge in [0.2, 0.25) is 0 Å². The van der Waals surface area contributed by atoms with E-state index in [1.165, 1.54) is 12.5 Å². The van der Waals surface area contributed by atoms with E-state index in [4.69, 9.17) is 27.9 Å². The van der Waals surface area contributed by atoms with Gasteiger partial charge >= 0.3 is 0 Å². The van der Waals surface area contributed by atoms with Crippen molar-refractivity contribution in [2.24, 2.45) is 0 Å². The minimum atomic E-state index is -0.250. The van der Waals surface area contributed by atoms with Crippen molar-refractivity contribution in [3.05, 3.63) is 46.3 Å². The molecule has 1 aromatic heterocycles. The minimum absolute atomic E-state index is 0.111. The maximum Gasteiger partial charge on any atom is 0.258 e. The van der Waals surface area contributed by atoms with Gasteiger partial charge in [-0.05, 0) is 31.4 Å². The van der Waals surface area contributed by atoms with E-state index < -0.39 is 0 Å². The summed E-state index contributed by atoms with van der Waals surface area (Å²) in [7, 11) is 0. The lowest BCUT2D eigenvalue weighted by Gasteiger charge is -2.70. The third kappa shape index (κ3) is 3.12. The predicted molar refractivity (Wildman–Crippen MR) is 93.4 cm³/mol. The molecule has 9 heteroatoms. The Bertz CT molecular complexity index is 849. The number of amides is 2. The summed E-state index contributed by atoms with van der Waals surface area (Å²) in [6.07, 6.45) is 4.79. The number of ether oxygens (including phenoxy) is 1. The topological polar surface area (TPSA) is 93.5 Å². The molecule has 2 N–H and O–H groups in total. The van der Waals surface area contributed by atoms with Gasteiger partial charge in [-0.15, -0.1) is 0 Å². The molecule has 2 amide bonds. The largest absolute Gasteiger partial charge is 0.484 e. The number of hydrogen-bond acceptors (Lipinski definition) is 5. The van der Waals surface area contributed by atoms with Crippen LogP contribution in [-0.4, -0.2) is 34.7 Å². The highest BCUT2D eigenvalue weighted by Crippen LogP contribution is 2.60. The van der Waals surface area contributed by atoms with Gasteiger partial charge in [0, 0.05) is 17.1 Å². The summed E-state index contributed by atoms with van der Waals surface area (Å²) in [6, 6.07) is 4.82. The molecule has 136 valence electrons. The lowest BCUT2D eigenvalue weighted by atomic mass is 9.44. The molecule has 5 rings (SSSR count). The lowest BCUT2D eigenvalue weighted by Crippen LogP contribution is -2.84. The van der Waals surface area contributed by atoms with Crippen molar-refractivity contribution in [2.45, 2.75) is 30.3 Å². The molecule has 2 bridgehead atoms. The van der Waals surface area contributed by atoms with Crippen LogP contribution in [0.1, 0.15) is 29.6 Å². The Labute approximate surface area is 159 Å². The molecule has 0 aliphatic heterocycles. The SMILES string of the molecule is O=C(COc1ccc(Cl)c(Cl)c1)NC12CC(NC(=O)c3cnoc3)(C1)C2. The number of halogens is 2. The molecule has 3 fully saturated rings. The second-order valence-electron chi connectivity index (χ2n) is 6.87. The smallest absolute Gasteiger partial charge is 0.258 e. The van der Waals surface area contributed by atoms with Gasteiger partial charge in [-0.1, -0.05) is 28.4 Å². The van der Waals surface area contributed by atoms with E-state index in [1.54, 1.807) is 18.2 Å². The number of hydrogen-bond donors (Lipinski definition) is 2. The Morgan fingerprint density at radius 2 is 1.88 bits per heavy atom. The fraction of sp³-hybridized carbons (Fsp3) is 0.353. The van der Waals surface area contributed by atoms with Crippen LogP contribution in [0.2, 0.25) is 10.0 Å². The zero-order valence-corrected chi connectivity index (χ0v) is 15.1. The van der Waals surface area contributed by atoms with Crippen molar-refractivity contribution in [1.29, 1.82) is 0 Å². The number of aromatic nitrogens is 1. The van der Waals surface area contributed by atoms with Gasteiger partial charge in [0.25, 0.3) is 11.8 Å². The fourth-order valence-corrected chi connectivity index (χ4v) is 4.02. The zero-order chi connectivity index (χ0) is 18.4. The fourth-order valence-electron chi connectivity index (χ4n) is 3.73. The Morgan fingerprint density at radius 1 is 1.15 bits per heavy atom. The van der Waals surface area contributed by atoms with Crippen molar-refractivity contribution in [2.75, 3.05) is 6.61 Å². The molecule has 0 radical (unpaired) electrons. The first-order chi connectivity index (χ1) is 12.4. The standard InChI is InChI=1S/C17H15Cl2N3O4/c18-12-2-1-11(3-13(12)19)25-6-14(23)21-16-7-17(8-16,9-16)22-15(24)10-4-20-26-5-10/h1-5H,6-9H2,(H,21,23)(H,22,24). The van der Waals surface area contributed by atoms with E-state index in [0.29, 0.717) is 40.6 Å². The number of nitrogens with zero attached hydrogens (tertiary/aromatic N) is 1. The highest BCUT2D eigenvalue weighted by atomic mass is 35.5. The van der Waals surface area contributed by atoms with E-state index in [2.05, 4.69) is 20.3 Å². The normalized spacial score (nSPS) is 25.6. The Balaban J connectivity index is 1.23. The summed E-state index contributed by atoms with van der Waals surface area (Å²) in [5.41, 5.74) is -0.102. The maximum absolute atomic E-state index is 12.1. The van der Waals surface area contributed by atoms with E-state index in [-0.39, 0.29) is 29.5 Å². The molecule has 7 nitrogen and oxygen atoms in total. The van der Waals surface area contributed by atoms with E-state index in [1.807, 2.05) is 0 Å². The van der Waals surface area contributed by atoms with Gasteiger partial charge in [0.05, 0.1) is 21.8 Å². The summed E-state index contributed by atoms with van der Waals surface area (Å²) in [5.74, 6) is 0.0492. The average Bonchev–Trinajstić information content (AvgIpc) is 3.07. The minimum Gasteiger partial charge on any atom is -0.484 e. The van der Waals surface area contributed by atoms with Crippen molar-refractivity contribution in [1.82, 2.24) is 15.8 Å². The number of rotatable bonds is 6. The monoisotopic (exact) mass is 395 g/mol. The second kappa shape index (κ2) is 6.17. The van der Waals surface area contributed by atoms with E-state index >= 15 is 0 Å². The van der Waals surface area contributed by atoms with Crippen molar-refractivity contribution < 1.29 is 18.8 Å². The highest BCUT2D eigenvalue weighted by molar-refractivity contribution is 6.42. The molecule has 2 aromatic rings. The van der Waals surface area contributed by atoms with Gasteiger partial charge in [-0.3, -0.25) is 9.59 Å². The van der Waals surface area contributed by atoms with Crippen molar-refractivity contribution in [3.63, 3.8) is 0 Å². The molecule has 0 unspecified atom stereocenters. The van der Waals surface area contributed by atoms with Crippen LogP contribution in [0.15, 0.2) is 35.2 Å². The first-order valence-electron chi connectivity index (χ1n) is 8.00. The maximum atomic E-state index is 12.1. The van der Waals surface area contributed by atoms with Gasteiger partial charge in [-0.2, -0.15) is 0 Å². The predicted octanol–water partition coefficient (Wildman–Crippen LogP) is 2.58. The molecular weight excluding hydrogens is 381 g/mol. The van der Waals surface area contributed by atoms with Crippen LogP contribution >= 0.6 is 23.2 Å². The van der Waals surface area contributed by atoms with E-state index in [9.17, 15) is 9.59 Å². The molecule has 3 saturated carbocycles. The van der Waals surface area contributed by atoms with Gasteiger partial charge in [0.1, 0.15) is 12.0 Å². The molecule has 1 heterocycles. The number of benzene rings is 1. The van der Waals surface area contributed by atoms with Crippen LogP contribution in [0.25, 0.3) is 0 Å². The van der Waals surface area contributed by atoms with Gasteiger partial charge < -0.3 is 19.9 Å². The van der Waals surface area contributed by atoms with Crippen molar-refractivity contribution in [3.8, 4) is 5.75 Å². The highest BCUT2D eigenvalue weighted by Gasteiger charge is 2.69. The molecule has 1 aromatic carbocycles. The number of carbonyl (C=O) groups is 2. The molecular formula is C17H15Cl2N3O4. The zero-order valence-electron chi connectivity index (χ0n) is 13.6. The van der Waals surface area contributed by atoms with E-state index in [0.717, 1.165) is 0 Å². The molecule has 0 atom stereocenters. The first-order valence-corrected chi connectivity index (χ1v) is 8.75. The average molecular weight is 396 g/mol. The van der Waals surface area contributed by atoms with Crippen LogP contribution in [0.5, 0.6) is 5.75 Å². The Morgan fingerprint density at radius 3 is 2.54 bits per heavy atom. The lowest BCUT2D eigenvalue weighted by molar-refractivity contribution is -0.141. The molecule has 0 saturated heterocycles. The summed E-state index contributed by atoms with van der Waals surface area (Å²) in [6.45, 7) is -0.111. The molecule has 3 aliphatic carbocycles. The first kappa shape index (κ1) is 17.2. The summed E-state index contributed by atoms with van der Waals surface area (Å²) in [5, 5.41) is 10.3. The summed E-state index contributed by atoms with van der Waals surface area (Å²) < 4.78 is 10.1.